The fourth-order valence-electron chi connectivity index (χ4n) is 1.55. The summed E-state index contributed by atoms with van der Waals surface area (Å²) in [6.45, 7) is 7.52. The van der Waals surface area contributed by atoms with E-state index in [1.165, 1.54) is 4.31 Å². The van der Waals surface area contributed by atoms with E-state index < -0.39 is 10.2 Å². The van der Waals surface area contributed by atoms with Crippen LogP contribution in [0.15, 0.2) is 0 Å². The predicted octanol–water partition coefficient (Wildman–Crippen LogP) is -0.479. The van der Waals surface area contributed by atoms with Crippen molar-refractivity contribution >= 4 is 35.0 Å². The Morgan fingerprint density at radius 1 is 1.28 bits per heavy atom. The SMILES string of the molecule is CCN(C)S(=O)(=O)NCCN1CCNCC1.Cl.Cl. The van der Waals surface area contributed by atoms with E-state index in [4.69, 9.17) is 0 Å². The minimum atomic E-state index is -3.27. The van der Waals surface area contributed by atoms with Crippen LogP contribution in [0.25, 0.3) is 0 Å². The van der Waals surface area contributed by atoms with E-state index in [9.17, 15) is 8.42 Å². The van der Waals surface area contributed by atoms with Crippen molar-refractivity contribution in [3.63, 3.8) is 0 Å². The summed E-state index contributed by atoms with van der Waals surface area (Å²) in [5.41, 5.74) is 0. The van der Waals surface area contributed by atoms with Crippen molar-refractivity contribution in [2.75, 3.05) is 52.9 Å². The fraction of sp³-hybridized carbons (Fsp3) is 1.00. The van der Waals surface area contributed by atoms with Crippen LogP contribution in [-0.2, 0) is 10.2 Å². The predicted molar refractivity (Wildman–Crippen MR) is 79.0 cm³/mol. The van der Waals surface area contributed by atoms with Gasteiger partial charge in [-0.15, -0.1) is 24.8 Å². The van der Waals surface area contributed by atoms with E-state index in [0.29, 0.717) is 13.1 Å². The van der Waals surface area contributed by atoms with Crippen LogP contribution in [0.3, 0.4) is 0 Å². The van der Waals surface area contributed by atoms with Gasteiger partial charge >= 0.3 is 0 Å². The molecule has 6 nitrogen and oxygen atoms in total. The Bertz CT molecular complexity index is 297. The van der Waals surface area contributed by atoms with Crippen LogP contribution in [0.5, 0.6) is 0 Å². The summed E-state index contributed by atoms with van der Waals surface area (Å²) in [5.74, 6) is 0. The molecular formula is C9H24Cl2N4O2S. The molecule has 0 aromatic heterocycles. The number of hydrogen-bond donors (Lipinski definition) is 2. The summed E-state index contributed by atoms with van der Waals surface area (Å²) in [7, 11) is -1.69. The third-order valence-corrected chi connectivity index (χ3v) is 4.43. The molecule has 9 heteroatoms. The van der Waals surface area contributed by atoms with Crippen LogP contribution in [0, 0.1) is 0 Å². The molecule has 1 fully saturated rings. The lowest BCUT2D eigenvalue weighted by molar-refractivity contribution is 0.244. The van der Waals surface area contributed by atoms with Crippen molar-refractivity contribution in [3.05, 3.63) is 0 Å². The Morgan fingerprint density at radius 2 is 1.83 bits per heavy atom. The Labute approximate surface area is 122 Å². The summed E-state index contributed by atoms with van der Waals surface area (Å²) in [5, 5.41) is 3.26. The number of halogens is 2. The molecule has 2 N–H and O–H groups in total. The third-order valence-electron chi connectivity index (χ3n) is 2.78. The van der Waals surface area contributed by atoms with Gasteiger partial charge < -0.3 is 5.32 Å². The molecule has 1 saturated heterocycles. The van der Waals surface area contributed by atoms with Crippen LogP contribution in [0.2, 0.25) is 0 Å². The highest BCUT2D eigenvalue weighted by Crippen LogP contribution is 1.94. The number of nitrogens with zero attached hydrogens (tertiary/aromatic N) is 2. The van der Waals surface area contributed by atoms with Gasteiger partial charge in [-0.05, 0) is 0 Å². The minimum absolute atomic E-state index is 0. The van der Waals surface area contributed by atoms with Gasteiger partial charge in [-0.25, -0.2) is 4.72 Å². The van der Waals surface area contributed by atoms with Gasteiger partial charge in [-0.3, -0.25) is 4.90 Å². The zero-order chi connectivity index (χ0) is 12.0. The molecule has 1 heterocycles. The molecule has 0 spiro atoms. The summed E-state index contributed by atoms with van der Waals surface area (Å²) >= 11 is 0. The molecule has 0 aromatic carbocycles. The smallest absolute Gasteiger partial charge is 0.279 e. The highest BCUT2D eigenvalue weighted by atomic mass is 35.5. The molecule has 0 bridgehead atoms. The van der Waals surface area contributed by atoms with Gasteiger partial charge in [0, 0.05) is 52.9 Å². The fourth-order valence-corrected chi connectivity index (χ4v) is 2.46. The Morgan fingerprint density at radius 3 is 2.33 bits per heavy atom. The second-order valence-corrected chi connectivity index (χ2v) is 5.77. The molecule has 0 unspecified atom stereocenters. The first-order valence-corrected chi connectivity index (χ1v) is 7.14. The molecule has 112 valence electrons. The van der Waals surface area contributed by atoms with E-state index >= 15 is 0 Å². The van der Waals surface area contributed by atoms with Gasteiger partial charge in [0.2, 0.25) is 0 Å². The van der Waals surface area contributed by atoms with Gasteiger partial charge in [0.15, 0.2) is 0 Å². The monoisotopic (exact) mass is 322 g/mol. The maximum absolute atomic E-state index is 11.6. The van der Waals surface area contributed by atoms with Crippen LogP contribution >= 0.6 is 24.8 Å². The lowest BCUT2D eigenvalue weighted by Gasteiger charge is -2.27. The third kappa shape index (κ3) is 7.08. The molecule has 0 aliphatic carbocycles. The van der Waals surface area contributed by atoms with Crippen LogP contribution in [-0.4, -0.2) is 70.5 Å². The highest BCUT2D eigenvalue weighted by molar-refractivity contribution is 7.87. The zero-order valence-corrected chi connectivity index (χ0v) is 13.3. The normalized spacial score (nSPS) is 17.1. The molecular weight excluding hydrogens is 299 g/mol. The van der Waals surface area contributed by atoms with Gasteiger partial charge in [-0.2, -0.15) is 12.7 Å². The second-order valence-electron chi connectivity index (χ2n) is 3.91. The van der Waals surface area contributed by atoms with E-state index in [0.717, 1.165) is 32.7 Å². The molecule has 0 saturated carbocycles. The van der Waals surface area contributed by atoms with E-state index in [2.05, 4.69) is 14.9 Å². The van der Waals surface area contributed by atoms with Crippen molar-refractivity contribution in [3.8, 4) is 0 Å². The van der Waals surface area contributed by atoms with Crippen molar-refractivity contribution in [2.45, 2.75) is 6.92 Å². The minimum Gasteiger partial charge on any atom is -0.314 e. The van der Waals surface area contributed by atoms with E-state index in [1.54, 1.807) is 7.05 Å². The number of piperazine rings is 1. The van der Waals surface area contributed by atoms with Crippen LogP contribution in [0.4, 0.5) is 0 Å². The number of rotatable bonds is 6. The summed E-state index contributed by atoms with van der Waals surface area (Å²) in [6, 6.07) is 0. The molecule has 0 aromatic rings. The van der Waals surface area contributed by atoms with Crippen molar-refractivity contribution in [2.24, 2.45) is 0 Å². The van der Waals surface area contributed by atoms with Crippen LogP contribution in [0.1, 0.15) is 6.92 Å². The van der Waals surface area contributed by atoms with Crippen LogP contribution < -0.4 is 10.0 Å². The van der Waals surface area contributed by atoms with Crippen molar-refractivity contribution < 1.29 is 8.42 Å². The van der Waals surface area contributed by atoms with Crippen molar-refractivity contribution in [1.29, 1.82) is 0 Å². The summed E-state index contributed by atoms with van der Waals surface area (Å²) in [6.07, 6.45) is 0. The number of hydrogen-bond acceptors (Lipinski definition) is 4. The van der Waals surface area contributed by atoms with Gasteiger partial charge in [-0.1, -0.05) is 6.92 Å². The first-order chi connectivity index (χ1) is 7.56. The Hall–Kier alpha value is 0.370. The Balaban J connectivity index is 0. The summed E-state index contributed by atoms with van der Waals surface area (Å²) in [4.78, 5) is 2.25. The largest absolute Gasteiger partial charge is 0.314 e. The second kappa shape index (κ2) is 10.2. The molecule has 0 radical (unpaired) electrons. The van der Waals surface area contributed by atoms with E-state index in [1.807, 2.05) is 6.92 Å². The highest BCUT2D eigenvalue weighted by Gasteiger charge is 2.15. The molecule has 1 rings (SSSR count). The average molecular weight is 323 g/mol. The molecule has 18 heavy (non-hydrogen) atoms. The molecule has 0 atom stereocenters. The maximum Gasteiger partial charge on any atom is 0.279 e. The lowest BCUT2D eigenvalue weighted by atomic mass is 10.3. The first kappa shape index (κ1) is 20.7. The molecule has 1 aliphatic rings. The Kier molecular flexibility index (Phi) is 11.7. The molecule has 0 amide bonds. The first-order valence-electron chi connectivity index (χ1n) is 5.70. The van der Waals surface area contributed by atoms with Crippen molar-refractivity contribution in [1.82, 2.24) is 19.2 Å². The zero-order valence-electron chi connectivity index (χ0n) is 10.9. The van der Waals surface area contributed by atoms with Gasteiger partial charge in [0.25, 0.3) is 10.2 Å². The molecule has 1 aliphatic heterocycles. The lowest BCUT2D eigenvalue weighted by Crippen LogP contribution is -2.47. The van der Waals surface area contributed by atoms with E-state index in [-0.39, 0.29) is 24.8 Å². The summed E-state index contributed by atoms with van der Waals surface area (Å²) < 4.78 is 27.1. The topological polar surface area (TPSA) is 64.7 Å². The quantitative estimate of drug-likeness (QED) is 0.693. The average Bonchev–Trinajstić information content (AvgIpc) is 2.29. The standard InChI is InChI=1S/C9H22N4O2S.2ClH/c1-3-12(2)16(14,15)11-6-9-13-7-4-10-5-8-13;;/h10-11H,3-9H2,1-2H3;2*1H. The maximum atomic E-state index is 11.6. The number of nitrogens with one attached hydrogen (secondary N) is 2. The van der Waals surface area contributed by atoms with Gasteiger partial charge in [0.05, 0.1) is 0 Å². The van der Waals surface area contributed by atoms with Gasteiger partial charge in [0.1, 0.15) is 0 Å².